The van der Waals surface area contributed by atoms with Crippen molar-refractivity contribution in [2.24, 2.45) is 11.8 Å². The Balaban J connectivity index is 0.000000687. The smallest absolute Gasteiger partial charge is 0.290 e. The summed E-state index contributed by atoms with van der Waals surface area (Å²) in [5.74, 6) is 1.30. The summed E-state index contributed by atoms with van der Waals surface area (Å²) in [5.41, 5.74) is 2.01. The summed E-state index contributed by atoms with van der Waals surface area (Å²) in [7, 11) is 4.26. The lowest BCUT2D eigenvalue weighted by molar-refractivity contribution is -0.132. The van der Waals surface area contributed by atoms with Crippen LogP contribution in [-0.2, 0) is 20.9 Å². The highest BCUT2D eigenvalue weighted by molar-refractivity contribution is 5.78. The number of aryl methyl sites for hydroxylation is 1. The van der Waals surface area contributed by atoms with Gasteiger partial charge in [-0.3, -0.25) is 9.59 Å². The molecule has 3 fully saturated rings. The molecule has 2 aromatic rings. The maximum atomic E-state index is 12.9. The van der Waals surface area contributed by atoms with Crippen molar-refractivity contribution in [3.05, 3.63) is 30.6 Å². The van der Waals surface area contributed by atoms with Gasteiger partial charge >= 0.3 is 0 Å². The Morgan fingerprint density at radius 2 is 2.17 bits per heavy atom. The van der Waals surface area contributed by atoms with Crippen LogP contribution in [0.25, 0.3) is 11.0 Å². The van der Waals surface area contributed by atoms with Crippen molar-refractivity contribution >= 4 is 23.4 Å². The zero-order valence-electron chi connectivity index (χ0n) is 17.6. The van der Waals surface area contributed by atoms with Crippen molar-refractivity contribution in [3.63, 3.8) is 0 Å². The molecule has 0 unspecified atom stereocenters. The molecule has 1 spiro atoms. The van der Waals surface area contributed by atoms with Gasteiger partial charge in [0.15, 0.2) is 0 Å². The Morgan fingerprint density at radius 1 is 1.40 bits per heavy atom. The van der Waals surface area contributed by atoms with Crippen molar-refractivity contribution in [1.82, 2.24) is 19.4 Å². The molecular weight excluding hydrogens is 384 g/mol. The van der Waals surface area contributed by atoms with Crippen LogP contribution in [0.2, 0.25) is 0 Å². The minimum atomic E-state index is -0.250. The Hall–Kier alpha value is -2.45. The van der Waals surface area contributed by atoms with E-state index in [2.05, 4.69) is 39.5 Å². The summed E-state index contributed by atoms with van der Waals surface area (Å²) in [6.45, 7) is 3.12. The predicted octanol–water partition coefficient (Wildman–Crippen LogP) is 1.69. The van der Waals surface area contributed by atoms with E-state index in [1.807, 2.05) is 24.5 Å². The Kier molecular flexibility index (Phi) is 5.79. The fraction of sp³-hybridized carbons (Fsp3) is 0.591. The zero-order valence-corrected chi connectivity index (χ0v) is 17.6. The molecule has 1 N–H and O–H groups in total. The largest absolute Gasteiger partial charge is 0.483 e. The summed E-state index contributed by atoms with van der Waals surface area (Å²) in [6.07, 6.45) is 5.02. The number of carbonyl (C=O) groups excluding carboxylic acids is 1. The number of likely N-dealkylation sites (tertiary alicyclic amines) is 1. The molecule has 3 aliphatic heterocycles. The van der Waals surface area contributed by atoms with E-state index in [4.69, 9.17) is 14.6 Å². The second-order valence-electron chi connectivity index (χ2n) is 8.85. The molecule has 1 aromatic heterocycles. The Bertz CT molecular complexity index is 913. The van der Waals surface area contributed by atoms with Gasteiger partial charge in [0.25, 0.3) is 6.47 Å². The molecule has 8 nitrogen and oxygen atoms in total. The SMILES string of the molecule is CN(C)C[C@H]1[C@H]2CN(C(=O)CCn3cnc4ccccc43)C[C@]23CC[C@H]1O3.O=CO. The summed E-state index contributed by atoms with van der Waals surface area (Å²) >= 11 is 0. The summed E-state index contributed by atoms with van der Waals surface area (Å²) < 4.78 is 8.53. The molecule has 8 heteroatoms. The first-order valence-corrected chi connectivity index (χ1v) is 10.6. The quantitative estimate of drug-likeness (QED) is 0.750. The van der Waals surface area contributed by atoms with E-state index >= 15 is 0 Å². The maximum absolute atomic E-state index is 12.9. The van der Waals surface area contributed by atoms with Crippen molar-refractivity contribution < 1.29 is 19.4 Å². The van der Waals surface area contributed by atoms with E-state index in [0.29, 0.717) is 30.9 Å². The number of aromatic nitrogens is 2. The van der Waals surface area contributed by atoms with Gasteiger partial charge in [0.05, 0.1) is 35.6 Å². The number of amides is 1. The number of rotatable bonds is 5. The lowest BCUT2D eigenvalue weighted by atomic mass is 9.73. The molecule has 1 amide bonds. The van der Waals surface area contributed by atoms with Crippen LogP contribution in [-0.4, -0.2) is 82.3 Å². The number of benzene rings is 1. The monoisotopic (exact) mass is 414 g/mol. The topological polar surface area (TPSA) is 87.9 Å². The molecule has 0 saturated carbocycles. The number of ether oxygens (including phenoxy) is 1. The molecule has 0 radical (unpaired) electrons. The molecule has 2 bridgehead atoms. The molecule has 5 rings (SSSR count). The van der Waals surface area contributed by atoms with Gasteiger partial charge in [-0.05, 0) is 39.1 Å². The number of para-hydroxylation sites is 2. The normalized spacial score (nSPS) is 29.2. The third-order valence-corrected chi connectivity index (χ3v) is 6.81. The van der Waals surface area contributed by atoms with Crippen molar-refractivity contribution in [1.29, 1.82) is 0 Å². The second kappa shape index (κ2) is 8.35. The first-order chi connectivity index (χ1) is 14.5. The van der Waals surface area contributed by atoms with Crippen molar-refractivity contribution in [2.45, 2.75) is 37.5 Å². The van der Waals surface area contributed by atoms with E-state index in [1.165, 1.54) is 0 Å². The predicted molar refractivity (Wildman–Crippen MR) is 112 cm³/mol. The van der Waals surface area contributed by atoms with Crippen LogP contribution in [0.4, 0.5) is 0 Å². The van der Waals surface area contributed by atoms with Crippen molar-refractivity contribution in [3.8, 4) is 0 Å². The van der Waals surface area contributed by atoms with Crippen LogP contribution >= 0.6 is 0 Å². The third-order valence-electron chi connectivity index (χ3n) is 6.81. The van der Waals surface area contributed by atoms with Crippen LogP contribution < -0.4 is 0 Å². The minimum absolute atomic E-state index is 0.0668. The number of carboxylic acid groups (broad SMARTS) is 1. The average molecular weight is 415 g/mol. The van der Waals surface area contributed by atoms with Gasteiger partial charge in [-0.25, -0.2) is 4.98 Å². The molecule has 4 heterocycles. The van der Waals surface area contributed by atoms with Crippen molar-refractivity contribution in [2.75, 3.05) is 33.7 Å². The van der Waals surface area contributed by atoms with Gasteiger partial charge in [0.2, 0.25) is 5.91 Å². The molecule has 3 saturated heterocycles. The molecule has 4 atom stereocenters. The molecular formula is C22H30N4O4. The summed E-state index contributed by atoms with van der Waals surface area (Å²) in [6, 6.07) is 8.08. The number of fused-ring (bicyclic) bond motifs is 2. The van der Waals surface area contributed by atoms with Gasteiger partial charge in [-0.15, -0.1) is 0 Å². The highest BCUT2D eigenvalue weighted by Gasteiger charge is 2.63. The van der Waals surface area contributed by atoms with Crippen LogP contribution in [0.3, 0.4) is 0 Å². The summed E-state index contributed by atoms with van der Waals surface area (Å²) in [5, 5.41) is 6.89. The summed E-state index contributed by atoms with van der Waals surface area (Å²) in [4.78, 5) is 30.0. The fourth-order valence-electron chi connectivity index (χ4n) is 5.61. The van der Waals surface area contributed by atoms with Gasteiger partial charge in [-0.1, -0.05) is 12.1 Å². The van der Waals surface area contributed by atoms with E-state index in [9.17, 15) is 4.79 Å². The standard InChI is InChI=1S/C21H28N4O2.CH2O2/c1-23(2)11-15-16-12-25(13-21(16)9-7-19(15)27-21)20(26)8-10-24-14-22-17-5-3-4-6-18(17)24;2-1-3/h3-6,14-16,19H,7-13H2,1-2H3;1H,(H,2,3)/t15-,16+,19+,21+;/m0./s1. The number of hydrogen-bond acceptors (Lipinski definition) is 5. The lowest BCUT2D eigenvalue weighted by Crippen LogP contribution is -2.40. The molecule has 0 aliphatic carbocycles. The zero-order chi connectivity index (χ0) is 21.3. The number of hydrogen-bond donors (Lipinski definition) is 1. The highest BCUT2D eigenvalue weighted by Crippen LogP contribution is 2.54. The Morgan fingerprint density at radius 3 is 2.93 bits per heavy atom. The van der Waals surface area contributed by atoms with E-state index < -0.39 is 0 Å². The second-order valence-corrected chi connectivity index (χ2v) is 8.85. The molecule has 3 aliphatic rings. The first-order valence-electron chi connectivity index (χ1n) is 10.6. The van der Waals surface area contributed by atoms with E-state index in [-0.39, 0.29) is 18.0 Å². The van der Waals surface area contributed by atoms with Gasteiger partial charge < -0.3 is 24.2 Å². The van der Waals surface area contributed by atoms with E-state index in [0.717, 1.165) is 43.5 Å². The number of nitrogens with zero attached hydrogens (tertiary/aromatic N) is 4. The highest BCUT2D eigenvalue weighted by atomic mass is 16.5. The first kappa shape index (κ1) is 20.8. The molecule has 162 valence electrons. The average Bonchev–Trinajstić information content (AvgIpc) is 3.46. The number of imidazole rings is 1. The van der Waals surface area contributed by atoms with E-state index in [1.54, 1.807) is 0 Å². The van der Waals surface area contributed by atoms with Crippen LogP contribution in [0.5, 0.6) is 0 Å². The van der Waals surface area contributed by atoms with Crippen LogP contribution in [0.1, 0.15) is 19.3 Å². The Labute approximate surface area is 176 Å². The number of carbonyl (C=O) groups is 2. The van der Waals surface area contributed by atoms with Gasteiger partial charge in [0, 0.05) is 37.9 Å². The van der Waals surface area contributed by atoms with Crippen LogP contribution in [0, 0.1) is 11.8 Å². The van der Waals surface area contributed by atoms with Crippen LogP contribution in [0.15, 0.2) is 30.6 Å². The van der Waals surface area contributed by atoms with Gasteiger partial charge in [0.1, 0.15) is 0 Å². The molecule has 30 heavy (non-hydrogen) atoms. The maximum Gasteiger partial charge on any atom is 0.290 e. The van der Waals surface area contributed by atoms with Gasteiger partial charge in [-0.2, -0.15) is 0 Å². The fourth-order valence-corrected chi connectivity index (χ4v) is 5.61. The lowest BCUT2D eigenvalue weighted by Gasteiger charge is -2.30. The minimum Gasteiger partial charge on any atom is -0.483 e. The third kappa shape index (κ3) is 3.70. The molecule has 1 aromatic carbocycles.